The van der Waals surface area contributed by atoms with Crippen molar-refractivity contribution in [3.05, 3.63) is 64.4 Å². The molecule has 1 aromatic heterocycles. The van der Waals surface area contributed by atoms with E-state index in [0.717, 1.165) is 4.90 Å². The Kier molecular flexibility index (Phi) is 4.21. The van der Waals surface area contributed by atoms with Crippen molar-refractivity contribution >= 4 is 40.6 Å². The Labute approximate surface area is 140 Å². The Morgan fingerprint density at radius 3 is 2.54 bits per heavy atom. The summed E-state index contributed by atoms with van der Waals surface area (Å²) in [6.07, 6.45) is 2.33. The highest BCUT2D eigenvalue weighted by molar-refractivity contribution is 7.12. The number of rotatable bonds is 4. The minimum absolute atomic E-state index is 0.0867. The van der Waals surface area contributed by atoms with E-state index in [2.05, 4.69) is 5.16 Å². The summed E-state index contributed by atoms with van der Waals surface area (Å²) < 4.78 is 0. The molecule has 0 unspecified atom stereocenters. The molecule has 8 heteroatoms. The van der Waals surface area contributed by atoms with E-state index in [1.807, 2.05) is 5.38 Å². The van der Waals surface area contributed by atoms with Gasteiger partial charge in [0.25, 0.3) is 11.8 Å². The maximum Gasteiger partial charge on any atom is 0.365 e. The largest absolute Gasteiger partial charge is 0.380 e. The van der Waals surface area contributed by atoms with E-state index < -0.39 is 17.8 Å². The Bertz CT molecular complexity index is 853. The topological polar surface area (TPSA) is 102 Å². The number of nitrogens with zero attached hydrogens (tertiary/aromatic N) is 2. The average Bonchev–Trinajstić information content (AvgIpc) is 3.23. The molecule has 2 heterocycles. The molecule has 0 atom stereocenters. The molecule has 0 radical (unpaired) electrons. The first kappa shape index (κ1) is 15.6. The van der Waals surface area contributed by atoms with Gasteiger partial charge >= 0.3 is 5.97 Å². The van der Waals surface area contributed by atoms with Crippen LogP contribution in [0.3, 0.4) is 0 Å². The van der Waals surface area contributed by atoms with Gasteiger partial charge in [-0.25, -0.2) is 9.69 Å². The molecule has 0 bridgehead atoms. The monoisotopic (exact) mass is 341 g/mol. The quantitative estimate of drug-likeness (QED) is 0.299. The molecule has 0 saturated carbocycles. The van der Waals surface area contributed by atoms with Gasteiger partial charge < -0.3 is 10.6 Å². The number of carbonyl (C=O) groups excluding carboxylic acids is 3. The van der Waals surface area contributed by atoms with E-state index in [-0.39, 0.29) is 17.1 Å². The molecular formula is C16H11N3O4S. The molecule has 0 saturated heterocycles. The molecule has 1 aliphatic rings. The number of amidine groups is 1. The predicted molar refractivity (Wildman–Crippen MR) is 88.5 cm³/mol. The van der Waals surface area contributed by atoms with Crippen LogP contribution in [0.15, 0.2) is 59.1 Å². The Hall–Kier alpha value is -3.26. The van der Waals surface area contributed by atoms with E-state index in [9.17, 15) is 14.4 Å². The van der Waals surface area contributed by atoms with Crippen LogP contribution in [0.4, 0.5) is 5.69 Å². The number of anilines is 1. The summed E-state index contributed by atoms with van der Waals surface area (Å²) in [6.45, 7) is 0. The van der Waals surface area contributed by atoms with E-state index in [4.69, 9.17) is 10.6 Å². The second kappa shape index (κ2) is 6.47. The van der Waals surface area contributed by atoms with Crippen molar-refractivity contribution in [1.82, 2.24) is 0 Å². The van der Waals surface area contributed by atoms with Crippen molar-refractivity contribution in [3.8, 4) is 0 Å². The fourth-order valence-electron chi connectivity index (χ4n) is 2.04. The zero-order valence-electron chi connectivity index (χ0n) is 12.2. The van der Waals surface area contributed by atoms with Gasteiger partial charge in [-0.15, -0.1) is 11.3 Å². The minimum atomic E-state index is -0.747. The van der Waals surface area contributed by atoms with Crippen LogP contribution in [0, 0.1) is 0 Å². The van der Waals surface area contributed by atoms with Crippen LogP contribution in [0.1, 0.15) is 15.2 Å². The lowest BCUT2D eigenvalue weighted by molar-refractivity contribution is -0.119. The molecular weight excluding hydrogens is 330 g/mol. The predicted octanol–water partition coefficient (Wildman–Crippen LogP) is 1.65. The number of hydrogen-bond acceptors (Lipinski definition) is 6. The van der Waals surface area contributed by atoms with Crippen LogP contribution in [-0.4, -0.2) is 23.6 Å². The number of nitrogens with two attached hydrogens (primary N) is 1. The summed E-state index contributed by atoms with van der Waals surface area (Å²) in [5, 5.41) is 5.42. The molecule has 0 aliphatic carbocycles. The second-order valence-electron chi connectivity index (χ2n) is 4.73. The van der Waals surface area contributed by atoms with Crippen LogP contribution in [-0.2, 0) is 14.4 Å². The van der Waals surface area contributed by atoms with Gasteiger partial charge in [-0.1, -0.05) is 17.3 Å². The van der Waals surface area contributed by atoms with Crippen LogP contribution in [0.5, 0.6) is 0 Å². The molecule has 2 aromatic rings. The number of hydrogen-bond donors (Lipinski definition) is 1. The first-order chi connectivity index (χ1) is 11.6. The number of benzene rings is 1. The number of carbonyl (C=O) groups is 3. The van der Waals surface area contributed by atoms with Crippen LogP contribution >= 0.6 is 11.3 Å². The third kappa shape index (κ3) is 3.08. The summed E-state index contributed by atoms with van der Waals surface area (Å²) in [5.41, 5.74) is 6.13. The number of thiophene rings is 1. The third-order valence-corrected chi connectivity index (χ3v) is 4.04. The van der Waals surface area contributed by atoms with Crippen LogP contribution in [0.25, 0.3) is 0 Å². The first-order valence-corrected chi connectivity index (χ1v) is 7.69. The molecule has 0 fully saturated rings. The highest BCUT2D eigenvalue weighted by Gasteiger charge is 2.25. The van der Waals surface area contributed by atoms with Crippen molar-refractivity contribution in [2.45, 2.75) is 0 Å². The first-order valence-electron chi connectivity index (χ1n) is 6.81. The molecule has 2 N–H and O–H groups in total. The summed E-state index contributed by atoms with van der Waals surface area (Å²) in [6, 6.07) is 9.49. The van der Waals surface area contributed by atoms with Gasteiger partial charge in [0.1, 0.15) is 0 Å². The van der Waals surface area contributed by atoms with Crippen LogP contribution in [0.2, 0.25) is 0 Å². The summed E-state index contributed by atoms with van der Waals surface area (Å²) in [4.78, 5) is 41.9. The average molecular weight is 341 g/mol. The molecule has 24 heavy (non-hydrogen) atoms. The van der Waals surface area contributed by atoms with E-state index in [1.54, 1.807) is 18.2 Å². The molecule has 1 aliphatic heterocycles. The number of amides is 2. The fraction of sp³-hybridized carbons (Fsp3) is 0. The third-order valence-electron chi connectivity index (χ3n) is 3.15. The highest BCUT2D eigenvalue weighted by Crippen LogP contribution is 2.20. The lowest BCUT2D eigenvalue weighted by Gasteiger charge is -2.14. The SMILES string of the molecule is N/C(=N\OC(=O)c1cccc(N2C(=O)C=CC2=O)c1)c1cccs1. The van der Waals surface area contributed by atoms with Crippen molar-refractivity contribution in [1.29, 1.82) is 0 Å². The van der Waals surface area contributed by atoms with Gasteiger partial charge in [-0.2, -0.15) is 0 Å². The maximum atomic E-state index is 12.1. The standard InChI is InChI=1S/C16H11N3O4S/c17-15(12-5-2-8-24-12)18-23-16(22)10-3-1-4-11(9-10)19-13(20)6-7-14(19)21/h1-9H,(H2,17,18). The van der Waals surface area contributed by atoms with Gasteiger partial charge in [0.2, 0.25) is 0 Å². The zero-order valence-corrected chi connectivity index (χ0v) is 13.0. The molecule has 3 rings (SSSR count). The summed E-state index contributed by atoms with van der Waals surface area (Å²) in [7, 11) is 0. The lowest BCUT2D eigenvalue weighted by Crippen LogP contribution is -2.29. The van der Waals surface area contributed by atoms with Gasteiger partial charge in [0, 0.05) is 12.2 Å². The molecule has 1 aromatic carbocycles. The zero-order chi connectivity index (χ0) is 17.1. The van der Waals surface area contributed by atoms with Gasteiger partial charge in [-0.05, 0) is 29.6 Å². The second-order valence-corrected chi connectivity index (χ2v) is 5.68. The fourth-order valence-corrected chi connectivity index (χ4v) is 2.66. The molecule has 0 spiro atoms. The highest BCUT2D eigenvalue weighted by atomic mass is 32.1. The maximum absolute atomic E-state index is 12.1. The lowest BCUT2D eigenvalue weighted by atomic mass is 10.2. The normalized spacial score (nSPS) is 14.3. The summed E-state index contributed by atoms with van der Waals surface area (Å²) in [5.74, 6) is -1.59. The van der Waals surface area contributed by atoms with Crippen molar-refractivity contribution < 1.29 is 19.2 Å². The number of oxime groups is 1. The van der Waals surface area contributed by atoms with Crippen LogP contribution < -0.4 is 10.6 Å². The Balaban J connectivity index is 1.76. The summed E-state index contributed by atoms with van der Waals surface area (Å²) >= 11 is 1.36. The van der Waals surface area contributed by atoms with Crippen molar-refractivity contribution in [2.24, 2.45) is 10.9 Å². The van der Waals surface area contributed by atoms with Gasteiger partial charge in [0.15, 0.2) is 5.84 Å². The van der Waals surface area contributed by atoms with Gasteiger partial charge in [0.05, 0.1) is 16.1 Å². The van der Waals surface area contributed by atoms with E-state index in [0.29, 0.717) is 4.88 Å². The van der Waals surface area contributed by atoms with E-state index in [1.165, 1.54) is 41.7 Å². The number of imide groups is 1. The molecule has 120 valence electrons. The van der Waals surface area contributed by atoms with Crippen molar-refractivity contribution in [2.75, 3.05) is 4.90 Å². The molecule has 7 nitrogen and oxygen atoms in total. The Morgan fingerprint density at radius 1 is 1.12 bits per heavy atom. The van der Waals surface area contributed by atoms with Crippen molar-refractivity contribution in [3.63, 3.8) is 0 Å². The smallest absolute Gasteiger partial charge is 0.365 e. The Morgan fingerprint density at radius 2 is 1.88 bits per heavy atom. The van der Waals surface area contributed by atoms with Gasteiger partial charge in [-0.3, -0.25) is 9.59 Å². The van der Waals surface area contributed by atoms with E-state index >= 15 is 0 Å². The molecule has 2 amide bonds. The minimum Gasteiger partial charge on any atom is -0.380 e.